The summed E-state index contributed by atoms with van der Waals surface area (Å²) in [6.07, 6.45) is -8.02. The van der Waals surface area contributed by atoms with Crippen LogP contribution in [0.5, 0.6) is 5.75 Å². The Morgan fingerprint density at radius 1 is 1.00 bits per heavy atom. The van der Waals surface area contributed by atoms with E-state index in [-0.39, 0.29) is 18.7 Å². The molecule has 0 aliphatic carbocycles. The molecule has 0 saturated carbocycles. The highest BCUT2D eigenvalue weighted by Gasteiger charge is 2.37. The minimum Gasteiger partial charge on any atom is -0.492 e. The third-order valence-electron chi connectivity index (χ3n) is 3.17. The smallest absolute Gasteiger partial charge is 0.416 e. The zero-order valence-electron chi connectivity index (χ0n) is 10.8. The molecule has 2 rings (SSSR count). The first-order chi connectivity index (χ1) is 9.66. The number of benzene rings is 1. The Bertz CT molecular complexity index is 458. The summed E-state index contributed by atoms with van der Waals surface area (Å²) >= 11 is 0. The van der Waals surface area contributed by atoms with Crippen LogP contribution in [0, 0.1) is 0 Å². The van der Waals surface area contributed by atoms with Crippen LogP contribution < -0.4 is 10.1 Å². The summed E-state index contributed by atoms with van der Waals surface area (Å²) in [5.74, 6) is -0.425. The fourth-order valence-electron chi connectivity index (χ4n) is 2.11. The fraction of sp³-hybridized carbons (Fsp3) is 0.538. The van der Waals surface area contributed by atoms with E-state index in [9.17, 15) is 26.3 Å². The maximum absolute atomic E-state index is 12.6. The zero-order valence-corrected chi connectivity index (χ0v) is 10.8. The third kappa shape index (κ3) is 4.26. The molecule has 1 aromatic carbocycles. The zero-order chi connectivity index (χ0) is 15.7. The van der Waals surface area contributed by atoms with Crippen molar-refractivity contribution >= 4 is 0 Å². The summed E-state index contributed by atoms with van der Waals surface area (Å²) in [4.78, 5) is 0. The first-order valence-corrected chi connectivity index (χ1v) is 6.32. The molecule has 0 unspecified atom stereocenters. The van der Waals surface area contributed by atoms with Crippen LogP contribution in [0.15, 0.2) is 18.2 Å². The van der Waals surface area contributed by atoms with Gasteiger partial charge in [-0.2, -0.15) is 26.3 Å². The molecule has 21 heavy (non-hydrogen) atoms. The van der Waals surface area contributed by atoms with Gasteiger partial charge in [-0.25, -0.2) is 0 Å². The van der Waals surface area contributed by atoms with Crippen LogP contribution in [-0.4, -0.2) is 19.2 Å². The molecule has 1 fully saturated rings. The van der Waals surface area contributed by atoms with Gasteiger partial charge in [-0.05, 0) is 37.6 Å². The average molecular weight is 313 g/mol. The van der Waals surface area contributed by atoms with E-state index >= 15 is 0 Å². The van der Waals surface area contributed by atoms with Crippen LogP contribution >= 0.6 is 0 Å². The van der Waals surface area contributed by atoms with E-state index in [0.29, 0.717) is 12.1 Å². The largest absolute Gasteiger partial charge is 0.492 e. The summed E-state index contributed by atoms with van der Waals surface area (Å²) in [5, 5.41) is 3.05. The topological polar surface area (TPSA) is 21.3 Å². The second-order valence-electron chi connectivity index (χ2n) is 4.85. The predicted octanol–water partition coefficient (Wildman–Crippen LogP) is 3.86. The summed E-state index contributed by atoms with van der Waals surface area (Å²) in [6, 6.07) is 1.21. The molecule has 1 aliphatic rings. The van der Waals surface area contributed by atoms with Crippen molar-refractivity contribution in [1.29, 1.82) is 0 Å². The monoisotopic (exact) mass is 313 g/mol. The Balaban J connectivity index is 2.22. The quantitative estimate of drug-likeness (QED) is 0.856. The van der Waals surface area contributed by atoms with E-state index in [0.717, 1.165) is 19.4 Å². The minimum absolute atomic E-state index is 0.0403. The molecule has 2 nitrogen and oxygen atoms in total. The van der Waals surface area contributed by atoms with Gasteiger partial charge in [0.15, 0.2) is 0 Å². The van der Waals surface area contributed by atoms with E-state index in [4.69, 9.17) is 4.74 Å². The molecule has 1 atom stereocenters. The van der Waals surface area contributed by atoms with E-state index in [1.165, 1.54) is 0 Å². The fourth-order valence-corrected chi connectivity index (χ4v) is 2.11. The normalized spacial score (nSPS) is 19.8. The van der Waals surface area contributed by atoms with Crippen molar-refractivity contribution in [3.8, 4) is 5.75 Å². The molecule has 0 bridgehead atoms. The van der Waals surface area contributed by atoms with Crippen LogP contribution in [0.2, 0.25) is 0 Å². The van der Waals surface area contributed by atoms with Crippen molar-refractivity contribution in [3.63, 3.8) is 0 Å². The van der Waals surface area contributed by atoms with Crippen molar-refractivity contribution in [1.82, 2.24) is 5.32 Å². The molecule has 1 aromatic rings. The molecule has 1 heterocycles. The number of hydrogen-bond acceptors (Lipinski definition) is 2. The Hall–Kier alpha value is -1.44. The number of nitrogens with one attached hydrogen (secondary N) is 1. The van der Waals surface area contributed by atoms with Crippen LogP contribution in [-0.2, 0) is 12.4 Å². The summed E-state index contributed by atoms with van der Waals surface area (Å²) in [6.45, 7) is 0.809. The van der Waals surface area contributed by atoms with Gasteiger partial charge in [0.25, 0.3) is 0 Å². The summed E-state index contributed by atoms with van der Waals surface area (Å²) in [5.41, 5.74) is -2.74. The van der Waals surface area contributed by atoms with Gasteiger partial charge in [0, 0.05) is 6.04 Å². The predicted molar refractivity (Wildman–Crippen MR) is 63.0 cm³/mol. The van der Waals surface area contributed by atoms with Crippen LogP contribution in [0.4, 0.5) is 26.3 Å². The highest BCUT2D eigenvalue weighted by atomic mass is 19.4. The standard InChI is InChI=1S/C13H13F6NO/c14-12(15,16)8-4-9(13(17,18)19)6-11(5-8)21-7-10-2-1-3-20-10/h4-6,10,20H,1-3,7H2/t10-/m1/s1. The summed E-state index contributed by atoms with van der Waals surface area (Å²) < 4.78 is 81.0. The number of rotatable bonds is 3. The van der Waals surface area contributed by atoms with Gasteiger partial charge in [-0.1, -0.05) is 0 Å². The highest BCUT2D eigenvalue weighted by Crippen LogP contribution is 2.38. The molecule has 0 radical (unpaired) electrons. The number of ether oxygens (including phenoxy) is 1. The SMILES string of the molecule is FC(F)(F)c1cc(OC[C@H]2CCCN2)cc(C(F)(F)F)c1. The third-order valence-corrected chi connectivity index (χ3v) is 3.17. The molecule has 8 heteroatoms. The molecule has 0 spiro atoms. The number of halogens is 6. The first-order valence-electron chi connectivity index (χ1n) is 6.32. The van der Waals surface area contributed by atoms with E-state index < -0.39 is 29.2 Å². The molecule has 118 valence electrons. The van der Waals surface area contributed by atoms with Gasteiger partial charge in [0.05, 0.1) is 11.1 Å². The van der Waals surface area contributed by atoms with Crippen molar-refractivity contribution in [2.75, 3.05) is 13.2 Å². The maximum atomic E-state index is 12.6. The van der Waals surface area contributed by atoms with Crippen LogP contribution in [0.3, 0.4) is 0 Å². The Kier molecular flexibility index (Phi) is 4.36. The van der Waals surface area contributed by atoms with Crippen LogP contribution in [0.1, 0.15) is 24.0 Å². The molecular weight excluding hydrogens is 300 g/mol. The van der Waals surface area contributed by atoms with Crippen molar-refractivity contribution in [2.24, 2.45) is 0 Å². The lowest BCUT2D eigenvalue weighted by Gasteiger charge is -2.16. The van der Waals surface area contributed by atoms with E-state index in [2.05, 4.69) is 5.32 Å². The van der Waals surface area contributed by atoms with Crippen molar-refractivity contribution in [2.45, 2.75) is 31.2 Å². The first kappa shape index (κ1) is 15.9. The lowest BCUT2D eigenvalue weighted by Crippen LogP contribution is -2.28. The molecule has 0 amide bonds. The second kappa shape index (κ2) is 5.75. The molecule has 1 saturated heterocycles. The average Bonchev–Trinajstić information content (AvgIpc) is 2.87. The van der Waals surface area contributed by atoms with Gasteiger partial charge >= 0.3 is 12.4 Å². The van der Waals surface area contributed by atoms with Gasteiger partial charge in [0.2, 0.25) is 0 Å². The molecule has 1 aliphatic heterocycles. The minimum atomic E-state index is -4.86. The Morgan fingerprint density at radius 2 is 1.57 bits per heavy atom. The van der Waals surface area contributed by atoms with Gasteiger partial charge in [-0.3, -0.25) is 0 Å². The van der Waals surface area contributed by atoms with Crippen LogP contribution in [0.25, 0.3) is 0 Å². The molecule has 1 N–H and O–H groups in total. The highest BCUT2D eigenvalue weighted by molar-refractivity contribution is 5.37. The second-order valence-corrected chi connectivity index (χ2v) is 4.85. The lowest BCUT2D eigenvalue weighted by molar-refractivity contribution is -0.143. The maximum Gasteiger partial charge on any atom is 0.416 e. The Morgan fingerprint density at radius 3 is 2.00 bits per heavy atom. The van der Waals surface area contributed by atoms with Crippen molar-refractivity contribution < 1.29 is 31.1 Å². The Labute approximate surface area is 117 Å². The number of hydrogen-bond donors (Lipinski definition) is 1. The summed E-state index contributed by atoms with van der Waals surface area (Å²) in [7, 11) is 0. The van der Waals surface area contributed by atoms with Gasteiger partial charge < -0.3 is 10.1 Å². The molecule has 0 aromatic heterocycles. The van der Waals surface area contributed by atoms with E-state index in [1.54, 1.807) is 0 Å². The van der Waals surface area contributed by atoms with Gasteiger partial charge in [-0.15, -0.1) is 0 Å². The lowest BCUT2D eigenvalue weighted by atomic mass is 10.1. The van der Waals surface area contributed by atoms with Gasteiger partial charge in [0.1, 0.15) is 12.4 Å². The molecular formula is C13H13F6NO. The van der Waals surface area contributed by atoms with E-state index in [1.807, 2.05) is 0 Å². The number of alkyl halides is 6. The van der Waals surface area contributed by atoms with Crippen molar-refractivity contribution in [3.05, 3.63) is 29.3 Å².